The van der Waals surface area contributed by atoms with Gasteiger partial charge in [-0.25, -0.2) is 0 Å². The van der Waals surface area contributed by atoms with Crippen molar-refractivity contribution in [1.29, 1.82) is 0 Å². The number of benzene rings is 2. The summed E-state index contributed by atoms with van der Waals surface area (Å²) in [6, 6.07) is 22.2. The van der Waals surface area contributed by atoms with Gasteiger partial charge in [-0.15, -0.1) is 0 Å². The summed E-state index contributed by atoms with van der Waals surface area (Å²) in [7, 11) is 0. The third-order valence-electron chi connectivity index (χ3n) is 4.18. The highest BCUT2D eigenvalue weighted by atomic mass is 16.2. The number of nitrogens with one attached hydrogen (secondary N) is 2. The Labute approximate surface area is 152 Å². The Morgan fingerprint density at radius 2 is 1.58 bits per heavy atom. The van der Waals surface area contributed by atoms with E-state index in [4.69, 9.17) is 5.73 Å². The second-order valence-corrected chi connectivity index (χ2v) is 6.08. The molecule has 0 bridgehead atoms. The highest BCUT2D eigenvalue weighted by Crippen LogP contribution is 2.18. The maximum atomic E-state index is 12.2. The van der Waals surface area contributed by atoms with E-state index in [1.165, 1.54) is 0 Å². The van der Waals surface area contributed by atoms with Gasteiger partial charge in [0.05, 0.1) is 0 Å². The van der Waals surface area contributed by atoms with Crippen molar-refractivity contribution in [3.8, 4) is 11.3 Å². The first-order chi connectivity index (χ1) is 12.6. The second-order valence-electron chi connectivity index (χ2n) is 6.08. The molecule has 0 aliphatic rings. The molecule has 3 rings (SSSR count). The van der Waals surface area contributed by atoms with E-state index in [9.17, 15) is 9.59 Å². The van der Waals surface area contributed by atoms with Gasteiger partial charge in [0.15, 0.2) is 0 Å². The maximum absolute atomic E-state index is 12.2. The number of aryl methyl sites for hydroxylation is 1. The molecule has 3 aromatic rings. The number of carbonyl (C=O) groups excluding carboxylic acids is 2. The molecule has 1 aromatic heterocycles. The van der Waals surface area contributed by atoms with E-state index in [1.54, 1.807) is 12.1 Å². The Kier molecular flexibility index (Phi) is 5.49. The van der Waals surface area contributed by atoms with Crippen LogP contribution in [0.25, 0.3) is 11.3 Å². The lowest BCUT2D eigenvalue weighted by molar-refractivity contribution is -0.127. The number of hydrogen-bond acceptors (Lipinski definition) is 2. The summed E-state index contributed by atoms with van der Waals surface area (Å²) in [6.07, 6.45) is 0.824. The van der Waals surface area contributed by atoms with Gasteiger partial charge in [-0.05, 0) is 29.7 Å². The summed E-state index contributed by atoms with van der Waals surface area (Å²) in [4.78, 5) is 27.2. The minimum absolute atomic E-state index is 0.214. The lowest BCUT2D eigenvalue weighted by atomic mass is 10.1. The van der Waals surface area contributed by atoms with Gasteiger partial charge in [-0.3, -0.25) is 9.59 Å². The fourth-order valence-electron chi connectivity index (χ4n) is 2.82. The van der Waals surface area contributed by atoms with Crippen molar-refractivity contribution in [3.63, 3.8) is 0 Å². The van der Waals surface area contributed by atoms with E-state index in [0.717, 1.165) is 17.0 Å². The number of nitrogens with two attached hydrogens (primary N) is 1. The third-order valence-corrected chi connectivity index (χ3v) is 4.18. The van der Waals surface area contributed by atoms with Gasteiger partial charge in [-0.2, -0.15) is 0 Å². The molecule has 0 aliphatic heterocycles. The molecule has 1 heterocycles. The molecular formula is C21H21N3O2. The van der Waals surface area contributed by atoms with Crippen LogP contribution in [-0.2, 0) is 16.0 Å². The van der Waals surface area contributed by atoms with Crippen LogP contribution in [0.1, 0.15) is 23.7 Å². The van der Waals surface area contributed by atoms with Crippen molar-refractivity contribution >= 4 is 11.8 Å². The molecule has 132 valence electrons. The lowest BCUT2D eigenvalue weighted by Crippen LogP contribution is -2.37. The zero-order chi connectivity index (χ0) is 18.4. The Hall–Kier alpha value is -3.34. The van der Waals surface area contributed by atoms with Crippen LogP contribution >= 0.6 is 0 Å². The molecule has 2 aromatic carbocycles. The zero-order valence-electron chi connectivity index (χ0n) is 14.3. The Morgan fingerprint density at radius 3 is 2.23 bits per heavy atom. The number of hydrogen-bond donors (Lipinski definition) is 3. The molecule has 0 saturated carbocycles. The Morgan fingerprint density at radius 1 is 0.923 bits per heavy atom. The minimum atomic E-state index is -0.813. The maximum Gasteiger partial charge on any atom is 0.244 e. The van der Waals surface area contributed by atoms with Crippen molar-refractivity contribution in [3.05, 3.63) is 84.1 Å². The quantitative estimate of drug-likeness (QED) is 0.613. The van der Waals surface area contributed by atoms with Gasteiger partial charge in [0.25, 0.3) is 0 Å². The van der Waals surface area contributed by atoms with Gasteiger partial charge in [0.2, 0.25) is 11.8 Å². The Balaban J connectivity index is 1.59. The summed E-state index contributed by atoms with van der Waals surface area (Å²) < 4.78 is 0. The fourth-order valence-corrected chi connectivity index (χ4v) is 2.82. The number of H-pyrrole nitrogens is 1. The molecule has 26 heavy (non-hydrogen) atoms. The number of rotatable bonds is 7. The topological polar surface area (TPSA) is 88.0 Å². The van der Waals surface area contributed by atoms with Gasteiger partial charge in [-0.1, -0.05) is 60.7 Å². The van der Waals surface area contributed by atoms with Crippen molar-refractivity contribution in [2.24, 2.45) is 5.73 Å². The van der Waals surface area contributed by atoms with E-state index in [-0.39, 0.29) is 12.3 Å². The number of amides is 2. The first kappa shape index (κ1) is 17.5. The number of primary amides is 1. The van der Waals surface area contributed by atoms with Gasteiger partial charge >= 0.3 is 0 Å². The number of aromatic amines is 1. The van der Waals surface area contributed by atoms with Crippen LogP contribution in [0.2, 0.25) is 0 Å². The Bertz CT molecular complexity index is 873. The predicted octanol–water partition coefficient (Wildman–Crippen LogP) is 2.96. The van der Waals surface area contributed by atoms with E-state index >= 15 is 0 Å². The molecule has 0 radical (unpaired) electrons. The molecule has 0 aliphatic carbocycles. The van der Waals surface area contributed by atoms with Crippen molar-refractivity contribution in [2.75, 3.05) is 0 Å². The largest absolute Gasteiger partial charge is 0.368 e. The minimum Gasteiger partial charge on any atom is -0.368 e. The average Bonchev–Trinajstić information content (AvgIpc) is 3.15. The molecule has 0 fully saturated rings. The summed E-state index contributed by atoms with van der Waals surface area (Å²) in [5, 5.41) is 2.71. The lowest BCUT2D eigenvalue weighted by Gasteiger charge is -2.15. The van der Waals surface area contributed by atoms with Gasteiger partial charge in [0, 0.05) is 17.8 Å². The van der Waals surface area contributed by atoms with E-state index in [2.05, 4.69) is 10.3 Å². The first-order valence-electron chi connectivity index (χ1n) is 8.50. The molecule has 1 atom stereocenters. The normalized spacial score (nSPS) is 11.7. The summed E-state index contributed by atoms with van der Waals surface area (Å²) in [5.41, 5.74) is 9.19. The molecule has 1 unspecified atom stereocenters. The van der Waals surface area contributed by atoms with Crippen LogP contribution in [0, 0.1) is 0 Å². The molecule has 5 heteroatoms. The summed E-state index contributed by atoms with van der Waals surface area (Å²) >= 11 is 0. The number of carbonyl (C=O) groups is 2. The highest BCUT2D eigenvalue weighted by Gasteiger charge is 2.19. The summed E-state index contributed by atoms with van der Waals surface area (Å²) in [6.45, 7) is 0. The fraction of sp³-hybridized carbons (Fsp3) is 0.143. The second kappa shape index (κ2) is 8.16. The monoisotopic (exact) mass is 347 g/mol. The smallest absolute Gasteiger partial charge is 0.244 e. The van der Waals surface area contributed by atoms with Crippen LogP contribution in [0.4, 0.5) is 0 Å². The molecule has 0 spiro atoms. The van der Waals surface area contributed by atoms with Crippen LogP contribution in [-0.4, -0.2) is 16.8 Å². The average molecular weight is 347 g/mol. The molecule has 0 saturated heterocycles. The van der Waals surface area contributed by atoms with E-state index in [1.807, 2.05) is 60.7 Å². The SMILES string of the molecule is NC(=O)C(NC(=O)CCc1ccc(-c2ccccc2)[nH]1)c1ccccc1. The van der Waals surface area contributed by atoms with Crippen LogP contribution in [0.3, 0.4) is 0 Å². The molecule has 5 nitrogen and oxygen atoms in total. The highest BCUT2D eigenvalue weighted by molar-refractivity contribution is 5.87. The van der Waals surface area contributed by atoms with E-state index in [0.29, 0.717) is 12.0 Å². The molecular weight excluding hydrogens is 326 g/mol. The first-order valence-corrected chi connectivity index (χ1v) is 8.50. The third kappa shape index (κ3) is 4.39. The van der Waals surface area contributed by atoms with E-state index < -0.39 is 11.9 Å². The standard InChI is InChI=1S/C21H21N3O2/c22-21(26)20(16-9-5-2-6-10-16)24-19(25)14-12-17-11-13-18(23-17)15-7-3-1-4-8-15/h1-11,13,20,23H,12,14H2,(H2,22,26)(H,24,25). The number of aromatic nitrogens is 1. The molecule has 2 amide bonds. The molecule has 4 N–H and O–H groups in total. The van der Waals surface area contributed by atoms with Gasteiger partial charge < -0.3 is 16.0 Å². The van der Waals surface area contributed by atoms with Crippen molar-refractivity contribution in [1.82, 2.24) is 10.3 Å². The van der Waals surface area contributed by atoms with Crippen LogP contribution < -0.4 is 11.1 Å². The van der Waals surface area contributed by atoms with Crippen LogP contribution in [0.5, 0.6) is 0 Å². The van der Waals surface area contributed by atoms with Crippen molar-refractivity contribution < 1.29 is 9.59 Å². The zero-order valence-corrected chi connectivity index (χ0v) is 14.3. The summed E-state index contributed by atoms with van der Waals surface area (Å²) in [5.74, 6) is -0.788. The predicted molar refractivity (Wildman–Crippen MR) is 101 cm³/mol. The van der Waals surface area contributed by atoms with Crippen LogP contribution in [0.15, 0.2) is 72.8 Å². The van der Waals surface area contributed by atoms with Gasteiger partial charge in [0.1, 0.15) is 6.04 Å². The van der Waals surface area contributed by atoms with Crippen molar-refractivity contribution in [2.45, 2.75) is 18.9 Å².